The summed E-state index contributed by atoms with van der Waals surface area (Å²) in [5.41, 5.74) is -0.895. The number of hydrogen-bond donors (Lipinski definition) is 0. The second-order valence-corrected chi connectivity index (χ2v) is 4.55. The van der Waals surface area contributed by atoms with E-state index in [1.807, 2.05) is 0 Å². The van der Waals surface area contributed by atoms with E-state index in [1.54, 1.807) is 13.8 Å². The van der Waals surface area contributed by atoms with Crippen molar-refractivity contribution in [3.8, 4) is 0 Å². The van der Waals surface area contributed by atoms with Crippen molar-refractivity contribution < 1.29 is 13.2 Å². The highest BCUT2D eigenvalue weighted by molar-refractivity contribution is 7.16. The summed E-state index contributed by atoms with van der Waals surface area (Å²) in [6.07, 6.45) is -1.63. The first-order valence-electron chi connectivity index (χ1n) is 4.54. The first-order valence-corrected chi connectivity index (χ1v) is 5.35. The van der Waals surface area contributed by atoms with Gasteiger partial charge in [-0.05, 0) is 19.0 Å². The molecule has 0 aliphatic carbocycles. The zero-order valence-electron chi connectivity index (χ0n) is 8.19. The summed E-state index contributed by atoms with van der Waals surface area (Å²) in [6, 6.07) is 0. The Morgan fingerprint density at radius 2 is 1.69 bits per heavy atom. The SMILES string of the molecule is CC(C)(CCCCP)[C@@H](F)C(F)F. The van der Waals surface area contributed by atoms with E-state index in [2.05, 4.69) is 9.24 Å². The second kappa shape index (κ2) is 5.85. The zero-order chi connectivity index (χ0) is 10.5. The van der Waals surface area contributed by atoms with E-state index in [1.165, 1.54) is 0 Å². The first kappa shape index (κ1) is 13.2. The molecule has 0 rings (SSSR count). The van der Waals surface area contributed by atoms with Gasteiger partial charge in [0.1, 0.15) is 0 Å². The van der Waals surface area contributed by atoms with Crippen LogP contribution >= 0.6 is 9.24 Å². The zero-order valence-corrected chi connectivity index (χ0v) is 9.35. The van der Waals surface area contributed by atoms with Gasteiger partial charge >= 0.3 is 0 Å². The molecule has 0 saturated heterocycles. The van der Waals surface area contributed by atoms with Gasteiger partial charge in [-0.2, -0.15) is 0 Å². The van der Waals surface area contributed by atoms with Crippen LogP contribution in [-0.4, -0.2) is 18.8 Å². The lowest BCUT2D eigenvalue weighted by atomic mass is 9.82. The Bertz CT molecular complexity index is 137. The number of alkyl halides is 3. The molecule has 80 valence electrons. The molecule has 0 nitrogen and oxygen atoms in total. The molecule has 0 aliphatic heterocycles. The molecule has 0 aromatic heterocycles. The van der Waals surface area contributed by atoms with Crippen molar-refractivity contribution in [1.29, 1.82) is 0 Å². The van der Waals surface area contributed by atoms with Gasteiger partial charge in [-0.3, -0.25) is 0 Å². The Morgan fingerprint density at radius 3 is 2.08 bits per heavy atom. The molecule has 0 aromatic carbocycles. The van der Waals surface area contributed by atoms with Gasteiger partial charge in [0.25, 0.3) is 6.43 Å². The topological polar surface area (TPSA) is 0 Å². The highest BCUT2D eigenvalue weighted by Gasteiger charge is 2.35. The average molecular weight is 214 g/mol. The van der Waals surface area contributed by atoms with Crippen LogP contribution in [0.5, 0.6) is 0 Å². The molecule has 0 fully saturated rings. The summed E-state index contributed by atoms with van der Waals surface area (Å²) in [7, 11) is 2.57. The van der Waals surface area contributed by atoms with Crippen LogP contribution in [0.4, 0.5) is 13.2 Å². The van der Waals surface area contributed by atoms with Crippen molar-refractivity contribution in [1.82, 2.24) is 0 Å². The summed E-state index contributed by atoms with van der Waals surface area (Å²) in [6.45, 7) is 3.12. The van der Waals surface area contributed by atoms with Gasteiger partial charge in [0.05, 0.1) is 0 Å². The summed E-state index contributed by atoms with van der Waals surface area (Å²) >= 11 is 0. The Morgan fingerprint density at radius 1 is 1.15 bits per heavy atom. The quantitative estimate of drug-likeness (QED) is 0.467. The fourth-order valence-corrected chi connectivity index (χ4v) is 1.49. The summed E-state index contributed by atoms with van der Waals surface area (Å²) in [4.78, 5) is 0. The van der Waals surface area contributed by atoms with Crippen LogP contribution in [0.1, 0.15) is 33.1 Å². The lowest BCUT2D eigenvalue weighted by Gasteiger charge is -2.28. The van der Waals surface area contributed by atoms with Gasteiger partial charge in [-0.15, -0.1) is 9.24 Å². The third kappa shape index (κ3) is 4.85. The van der Waals surface area contributed by atoms with E-state index in [0.717, 1.165) is 19.0 Å². The predicted octanol–water partition coefficient (Wildman–Crippen LogP) is 3.66. The Hall–Kier alpha value is 0.220. The second-order valence-electron chi connectivity index (χ2n) is 3.97. The molecule has 13 heavy (non-hydrogen) atoms. The monoisotopic (exact) mass is 214 g/mol. The third-order valence-corrected chi connectivity index (χ3v) is 2.65. The first-order chi connectivity index (χ1) is 5.91. The Labute approximate surface area is 80.5 Å². The van der Waals surface area contributed by atoms with Gasteiger partial charge in [0, 0.05) is 5.41 Å². The van der Waals surface area contributed by atoms with Gasteiger partial charge < -0.3 is 0 Å². The molecule has 0 N–H and O–H groups in total. The molecule has 2 atom stereocenters. The fraction of sp³-hybridized carbons (Fsp3) is 1.00. The van der Waals surface area contributed by atoms with Crippen molar-refractivity contribution in [2.24, 2.45) is 5.41 Å². The highest BCUT2D eigenvalue weighted by atomic mass is 31.0. The maximum absolute atomic E-state index is 13.0. The molecule has 0 aromatic rings. The number of halogens is 3. The molecule has 0 saturated carbocycles. The van der Waals surface area contributed by atoms with Gasteiger partial charge in [-0.1, -0.05) is 20.3 Å². The van der Waals surface area contributed by atoms with Crippen LogP contribution in [0.3, 0.4) is 0 Å². The molecule has 0 radical (unpaired) electrons. The summed E-state index contributed by atoms with van der Waals surface area (Å²) in [5.74, 6) is 0. The van der Waals surface area contributed by atoms with E-state index >= 15 is 0 Å². The standard InChI is InChI=1S/C9H18F3P/c1-9(2,5-3-4-6-13)7(10)8(11)12/h7-8H,3-6,13H2,1-2H3/t7-/m0/s1. The van der Waals surface area contributed by atoms with E-state index < -0.39 is 18.0 Å². The van der Waals surface area contributed by atoms with Gasteiger partial charge in [0.15, 0.2) is 6.17 Å². The molecular weight excluding hydrogens is 196 g/mol. The predicted molar refractivity (Wildman–Crippen MR) is 53.1 cm³/mol. The molecule has 0 amide bonds. The van der Waals surface area contributed by atoms with Crippen molar-refractivity contribution >= 4 is 9.24 Å². The minimum Gasteiger partial charge on any atom is -0.241 e. The minimum atomic E-state index is -2.86. The van der Waals surface area contributed by atoms with Crippen molar-refractivity contribution in [2.75, 3.05) is 6.16 Å². The van der Waals surface area contributed by atoms with Gasteiger partial charge in [0.2, 0.25) is 0 Å². The van der Waals surface area contributed by atoms with E-state index in [0.29, 0.717) is 6.42 Å². The normalized spacial score (nSPS) is 15.0. The lowest BCUT2D eigenvalue weighted by Crippen LogP contribution is -2.31. The van der Waals surface area contributed by atoms with Crippen LogP contribution in [0.25, 0.3) is 0 Å². The van der Waals surface area contributed by atoms with E-state index in [9.17, 15) is 13.2 Å². The molecule has 0 aliphatic rings. The minimum absolute atomic E-state index is 0.521. The lowest BCUT2D eigenvalue weighted by molar-refractivity contribution is -0.0212. The van der Waals surface area contributed by atoms with Crippen LogP contribution in [0.15, 0.2) is 0 Å². The molecule has 4 heteroatoms. The van der Waals surface area contributed by atoms with E-state index in [-0.39, 0.29) is 0 Å². The number of hydrogen-bond acceptors (Lipinski definition) is 0. The molecule has 1 unspecified atom stereocenters. The van der Waals surface area contributed by atoms with Crippen LogP contribution in [-0.2, 0) is 0 Å². The Kier molecular flexibility index (Phi) is 5.95. The van der Waals surface area contributed by atoms with Crippen LogP contribution < -0.4 is 0 Å². The highest BCUT2D eigenvalue weighted by Crippen LogP contribution is 2.33. The molecule has 0 heterocycles. The number of rotatable bonds is 6. The molecule has 0 bridgehead atoms. The third-order valence-electron chi connectivity index (χ3n) is 2.24. The fourth-order valence-electron chi connectivity index (χ4n) is 1.20. The summed E-state index contributed by atoms with van der Waals surface area (Å²) in [5, 5.41) is 0. The molecule has 0 spiro atoms. The smallest absolute Gasteiger partial charge is 0.241 e. The van der Waals surface area contributed by atoms with E-state index in [4.69, 9.17) is 0 Å². The van der Waals surface area contributed by atoms with Crippen LogP contribution in [0, 0.1) is 5.41 Å². The Balaban J connectivity index is 3.91. The largest absolute Gasteiger partial charge is 0.269 e. The summed E-state index contributed by atoms with van der Waals surface area (Å²) < 4.78 is 37.1. The maximum Gasteiger partial charge on any atom is 0.269 e. The van der Waals surface area contributed by atoms with Gasteiger partial charge in [-0.25, -0.2) is 13.2 Å². The van der Waals surface area contributed by atoms with Crippen LogP contribution in [0.2, 0.25) is 0 Å². The number of unbranched alkanes of at least 4 members (excludes halogenated alkanes) is 1. The average Bonchev–Trinajstić information content (AvgIpc) is 2.03. The molecular formula is C9H18F3P. The van der Waals surface area contributed by atoms with Crippen molar-refractivity contribution in [3.05, 3.63) is 0 Å². The maximum atomic E-state index is 13.0. The van der Waals surface area contributed by atoms with Crippen molar-refractivity contribution in [3.63, 3.8) is 0 Å². The van der Waals surface area contributed by atoms with Crippen molar-refractivity contribution in [2.45, 2.75) is 45.7 Å².